The van der Waals surface area contributed by atoms with Crippen molar-refractivity contribution in [2.45, 2.75) is 13.5 Å². The van der Waals surface area contributed by atoms with Crippen LogP contribution in [0.4, 0.5) is 0 Å². The average molecular weight is 227 g/mol. The topological polar surface area (TPSA) is 38.3 Å². The summed E-state index contributed by atoms with van der Waals surface area (Å²) >= 11 is 0. The van der Waals surface area contributed by atoms with Crippen LogP contribution in [-0.2, 0) is 15.6 Å². The molecular weight excluding hydrogens is 209 g/mol. The van der Waals surface area contributed by atoms with Crippen LogP contribution in [0.25, 0.3) is 0 Å². The molecule has 1 rings (SSSR count). The van der Waals surface area contributed by atoms with E-state index in [1.54, 1.807) is 0 Å². The van der Waals surface area contributed by atoms with E-state index in [0.29, 0.717) is 12.8 Å². The summed E-state index contributed by atoms with van der Waals surface area (Å²) in [6.45, 7) is 3.96. The normalized spacial score (nSPS) is 12.6. The molecule has 0 radical (unpaired) electrons. The van der Waals surface area contributed by atoms with Crippen molar-refractivity contribution in [1.29, 1.82) is 0 Å². The smallest absolute Gasteiger partial charge is 0.192 e. The molecule has 0 amide bonds. The van der Waals surface area contributed by atoms with Gasteiger partial charge in [-0.1, -0.05) is 30.3 Å². The van der Waals surface area contributed by atoms with Crippen LogP contribution in [0.3, 0.4) is 0 Å². The van der Waals surface area contributed by atoms with E-state index in [1.807, 2.05) is 25.1 Å². The molecule has 0 aromatic heterocycles. The lowest BCUT2D eigenvalue weighted by Crippen LogP contribution is -2.16. The Labute approximate surface area is 91.7 Å². The molecule has 0 aliphatic rings. The van der Waals surface area contributed by atoms with Gasteiger partial charge in [0.25, 0.3) is 0 Å². The van der Waals surface area contributed by atoms with Gasteiger partial charge in [0, 0.05) is 19.3 Å². The molecule has 0 spiro atoms. The van der Waals surface area contributed by atoms with E-state index >= 15 is 0 Å². The van der Waals surface area contributed by atoms with Crippen molar-refractivity contribution >= 4 is 8.03 Å². The number of benzene rings is 1. The fraction of sp³-hybridized carbons (Fsp3) is 0.455. The van der Waals surface area contributed by atoms with E-state index < -0.39 is 8.03 Å². The highest BCUT2D eigenvalue weighted by atomic mass is 31.1. The maximum Gasteiger partial charge on any atom is 0.192 e. The van der Waals surface area contributed by atoms with E-state index in [9.17, 15) is 4.57 Å². The number of rotatable bonds is 7. The second-order valence-corrected chi connectivity index (χ2v) is 4.75. The Hall–Kier alpha value is -0.630. The van der Waals surface area contributed by atoms with Crippen LogP contribution in [0, 0.1) is 0 Å². The second-order valence-electron chi connectivity index (χ2n) is 3.22. The molecule has 0 heterocycles. The van der Waals surface area contributed by atoms with Crippen LogP contribution in [0.1, 0.15) is 12.5 Å². The van der Waals surface area contributed by atoms with Gasteiger partial charge in [-0.05, 0) is 12.5 Å². The fourth-order valence-electron chi connectivity index (χ4n) is 1.25. The summed E-state index contributed by atoms with van der Waals surface area (Å²) < 4.78 is 16.2. The van der Waals surface area contributed by atoms with Crippen LogP contribution in [0.5, 0.6) is 0 Å². The lowest BCUT2D eigenvalue weighted by Gasteiger charge is -2.04. The summed E-state index contributed by atoms with van der Waals surface area (Å²) in [7, 11) is -1.81. The highest BCUT2D eigenvalue weighted by Gasteiger charge is 1.97. The van der Waals surface area contributed by atoms with Crippen molar-refractivity contribution in [3.8, 4) is 0 Å². The Balaban J connectivity index is 2.10. The van der Waals surface area contributed by atoms with E-state index in [4.69, 9.17) is 4.52 Å². The summed E-state index contributed by atoms with van der Waals surface area (Å²) in [4.78, 5) is 0. The summed E-state index contributed by atoms with van der Waals surface area (Å²) in [6, 6.07) is 10.2. The Kier molecular flexibility index (Phi) is 6.33. The Morgan fingerprint density at radius 3 is 2.73 bits per heavy atom. The van der Waals surface area contributed by atoms with Gasteiger partial charge in [0.05, 0.1) is 6.61 Å². The third-order valence-corrected chi connectivity index (χ3v) is 3.25. The molecule has 15 heavy (non-hydrogen) atoms. The quantitative estimate of drug-likeness (QED) is 0.573. The molecule has 1 atom stereocenters. The minimum atomic E-state index is -1.81. The molecule has 4 heteroatoms. The fourth-order valence-corrected chi connectivity index (χ4v) is 2.10. The summed E-state index contributed by atoms with van der Waals surface area (Å²) in [5.41, 5.74) is 1.24. The third-order valence-electron chi connectivity index (χ3n) is 1.98. The Morgan fingerprint density at radius 1 is 1.33 bits per heavy atom. The van der Waals surface area contributed by atoms with Crippen molar-refractivity contribution in [1.82, 2.24) is 5.32 Å². The van der Waals surface area contributed by atoms with Gasteiger partial charge < -0.3 is 9.84 Å². The van der Waals surface area contributed by atoms with Crippen molar-refractivity contribution < 1.29 is 9.09 Å². The molecule has 0 aliphatic heterocycles. The molecule has 1 aromatic rings. The molecular formula is C11H18NO2P. The minimum absolute atomic E-state index is 0.538. The summed E-state index contributed by atoms with van der Waals surface area (Å²) in [6.07, 6.45) is 0.616. The SMILES string of the molecule is CCO[PH](=O)CCNCc1ccccc1. The predicted octanol–water partition coefficient (Wildman–Crippen LogP) is 2.29. The van der Waals surface area contributed by atoms with E-state index in [0.717, 1.165) is 13.1 Å². The molecule has 84 valence electrons. The average Bonchev–Trinajstić information content (AvgIpc) is 2.26. The van der Waals surface area contributed by atoms with Crippen molar-refractivity contribution in [3.63, 3.8) is 0 Å². The van der Waals surface area contributed by atoms with Crippen LogP contribution in [-0.4, -0.2) is 19.3 Å². The first kappa shape index (κ1) is 12.4. The zero-order valence-electron chi connectivity index (χ0n) is 9.03. The van der Waals surface area contributed by atoms with Gasteiger partial charge in [-0.15, -0.1) is 0 Å². The zero-order chi connectivity index (χ0) is 10.9. The van der Waals surface area contributed by atoms with Gasteiger partial charge in [0.2, 0.25) is 0 Å². The Morgan fingerprint density at radius 2 is 2.07 bits per heavy atom. The lowest BCUT2D eigenvalue weighted by molar-refractivity contribution is 0.350. The van der Waals surface area contributed by atoms with Crippen LogP contribution in [0.15, 0.2) is 30.3 Å². The highest BCUT2D eigenvalue weighted by Crippen LogP contribution is 2.19. The van der Waals surface area contributed by atoms with Gasteiger partial charge in [0.15, 0.2) is 8.03 Å². The zero-order valence-corrected chi connectivity index (χ0v) is 10.0. The molecule has 0 saturated heterocycles. The summed E-state index contributed by atoms with van der Waals surface area (Å²) in [5, 5.41) is 3.24. The lowest BCUT2D eigenvalue weighted by atomic mass is 10.2. The van der Waals surface area contributed by atoms with Crippen LogP contribution in [0.2, 0.25) is 0 Å². The Bertz CT molecular complexity index is 290. The van der Waals surface area contributed by atoms with Gasteiger partial charge in [-0.25, -0.2) is 0 Å². The molecule has 0 aliphatic carbocycles. The highest BCUT2D eigenvalue weighted by molar-refractivity contribution is 7.39. The van der Waals surface area contributed by atoms with E-state index in [-0.39, 0.29) is 0 Å². The molecule has 1 aromatic carbocycles. The first-order valence-corrected chi connectivity index (χ1v) is 6.75. The third kappa shape index (κ3) is 5.73. The van der Waals surface area contributed by atoms with E-state index in [2.05, 4.69) is 17.4 Å². The monoisotopic (exact) mass is 227 g/mol. The standard InChI is InChI=1S/C11H18NO2P/c1-2-14-15(13)9-8-12-10-11-6-4-3-5-7-11/h3-7,12,15H,2,8-10H2,1H3. The maximum absolute atomic E-state index is 11.2. The molecule has 3 nitrogen and oxygen atoms in total. The molecule has 0 fully saturated rings. The van der Waals surface area contributed by atoms with Crippen molar-refractivity contribution in [2.75, 3.05) is 19.3 Å². The number of hydrogen-bond acceptors (Lipinski definition) is 3. The van der Waals surface area contributed by atoms with Gasteiger partial charge in [-0.2, -0.15) is 0 Å². The predicted molar refractivity (Wildman–Crippen MR) is 63.6 cm³/mol. The number of nitrogens with one attached hydrogen (secondary N) is 1. The number of hydrogen-bond donors (Lipinski definition) is 1. The van der Waals surface area contributed by atoms with Crippen LogP contribution >= 0.6 is 8.03 Å². The molecule has 1 unspecified atom stereocenters. The van der Waals surface area contributed by atoms with E-state index in [1.165, 1.54) is 5.56 Å². The molecule has 0 bridgehead atoms. The van der Waals surface area contributed by atoms with Gasteiger partial charge in [0.1, 0.15) is 0 Å². The van der Waals surface area contributed by atoms with Gasteiger partial charge >= 0.3 is 0 Å². The second kappa shape index (κ2) is 7.63. The molecule has 0 saturated carbocycles. The summed E-state index contributed by atoms with van der Waals surface area (Å²) in [5.74, 6) is 0. The molecule has 1 N–H and O–H groups in total. The minimum Gasteiger partial charge on any atom is -0.331 e. The van der Waals surface area contributed by atoms with Crippen molar-refractivity contribution in [2.24, 2.45) is 0 Å². The van der Waals surface area contributed by atoms with Crippen molar-refractivity contribution in [3.05, 3.63) is 35.9 Å². The van der Waals surface area contributed by atoms with Crippen LogP contribution < -0.4 is 5.32 Å². The first-order chi connectivity index (χ1) is 7.33. The maximum atomic E-state index is 11.2. The first-order valence-electron chi connectivity index (χ1n) is 5.23. The largest absolute Gasteiger partial charge is 0.331 e. The van der Waals surface area contributed by atoms with Gasteiger partial charge in [-0.3, -0.25) is 4.57 Å².